The van der Waals surface area contributed by atoms with Crippen molar-refractivity contribution in [3.63, 3.8) is 0 Å². The number of anilines is 1. The molecule has 2 aromatic rings. The lowest BCUT2D eigenvalue weighted by Gasteiger charge is -2.07. The normalized spacial score (nSPS) is 11.3. The Kier molecular flexibility index (Phi) is 5.35. The van der Waals surface area contributed by atoms with E-state index in [1.165, 1.54) is 17.1 Å². The van der Waals surface area contributed by atoms with Gasteiger partial charge in [-0.25, -0.2) is 18.1 Å². The Morgan fingerprint density at radius 1 is 1.30 bits per heavy atom. The van der Waals surface area contributed by atoms with E-state index in [2.05, 4.69) is 15.0 Å². The van der Waals surface area contributed by atoms with Crippen molar-refractivity contribution in [3.8, 4) is 0 Å². The summed E-state index contributed by atoms with van der Waals surface area (Å²) in [5, 5.41) is 2.54. The Hall–Kier alpha value is -2.39. The summed E-state index contributed by atoms with van der Waals surface area (Å²) >= 11 is 0. The van der Waals surface area contributed by atoms with Crippen LogP contribution in [0.4, 0.5) is 5.69 Å². The number of nitrogens with one attached hydrogen (secondary N) is 2. The molecular formula is C14H19N5O3S. The highest BCUT2D eigenvalue weighted by Crippen LogP contribution is 2.05. The minimum Gasteiger partial charge on any atom is -0.399 e. The fourth-order valence-corrected chi connectivity index (χ4v) is 2.82. The summed E-state index contributed by atoms with van der Waals surface area (Å²) in [7, 11) is -2.11. The number of benzene rings is 1. The molecule has 0 saturated carbocycles. The monoisotopic (exact) mass is 337 g/mol. The van der Waals surface area contributed by atoms with E-state index in [1.54, 1.807) is 19.2 Å². The van der Waals surface area contributed by atoms with Crippen molar-refractivity contribution in [2.24, 2.45) is 7.05 Å². The molecule has 1 amide bonds. The van der Waals surface area contributed by atoms with Crippen LogP contribution in [0.3, 0.4) is 0 Å². The second-order valence-electron chi connectivity index (χ2n) is 5.04. The van der Waals surface area contributed by atoms with Crippen molar-refractivity contribution in [1.29, 1.82) is 0 Å². The maximum Gasteiger partial charge on any atom is 0.260 e. The van der Waals surface area contributed by atoms with Gasteiger partial charge in [0.2, 0.25) is 5.91 Å². The van der Waals surface area contributed by atoms with Gasteiger partial charge < -0.3 is 15.6 Å². The first-order valence-electron chi connectivity index (χ1n) is 6.95. The third-order valence-corrected chi connectivity index (χ3v) is 4.38. The molecule has 0 aliphatic carbocycles. The Balaban J connectivity index is 1.75. The molecule has 2 rings (SSSR count). The van der Waals surface area contributed by atoms with E-state index in [9.17, 15) is 13.2 Å². The summed E-state index contributed by atoms with van der Waals surface area (Å²) in [6, 6.07) is 7.34. The zero-order valence-electron chi connectivity index (χ0n) is 12.7. The number of carbonyl (C=O) groups excluding carboxylic acids is 1. The van der Waals surface area contributed by atoms with E-state index >= 15 is 0 Å². The van der Waals surface area contributed by atoms with Gasteiger partial charge in [0.1, 0.15) is 0 Å². The van der Waals surface area contributed by atoms with Crippen molar-refractivity contribution in [2.45, 2.75) is 11.4 Å². The van der Waals surface area contributed by atoms with Crippen LogP contribution < -0.4 is 15.8 Å². The van der Waals surface area contributed by atoms with Gasteiger partial charge in [0.15, 0.2) is 5.03 Å². The third-order valence-electron chi connectivity index (χ3n) is 3.09. The van der Waals surface area contributed by atoms with Crippen LogP contribution in [0.1, 0.15) is 5.56 Å². The number of nitrogens with two attached hydrogens (primary N) is 1. The number of carbonyl (C=O) groups is 1. The van der Waals surface area contributed by atoms with Gasteiger partial charge in [-0.05, 0) is 24.1 Å². The van der Waals surface area contributed by atoms with Gasteiger partial charge in [0.05, 0.1) is 12.9 Å². The molecule has 0 unspecified atom stereocenters. The second-order valence-corrected chi connectivity index (χ2v) is 6.76. The average Bonchev–Trinajstić information content (AvgIpc) is 2.95. The molecule has 0 radical (unpaired) electrons. The molecule has 0 aliphatic heterocycles. The van der Waals surface area contributed by atoms with E-state index in [0.29, 0.717) is 18.7 Å². The Morgan fingerprint density at radius 3 is 2.61 bits per heavy atom. The molecule has 9 heteroatoms. The maximum absolute atomic E-state index is 11.9. The number of hydrogen-bond donors (Lipinski definition) is 3. The first kappa shape index (κ1) is 17.0. The largest absolute Gasteiger partial charge is 0.399 e. The van der Waals surface area contributed by atoms with E-state index in [4.69, 9.17) is 5.73 Å². The van der Waals surface area contributed by atoms with Gasteiger partial charge in [0, 0.05) is 25.5 Å². The Labute approximate surface area is 134 Å². The van der Waals surface area contributed by atoms with Crippen LogP contribution in [-0.2, 0) is 28.3 Å². The van der Waals surface area contributed by atoms with Gasteiger partial charge in [-0.2, -0.15) is 0 Å². The molecule has 4 N–H and O–H groups in total. The molecular weight excluding hydrogens is 318 g/mol. The maximum atomic E-state index is 11.9. The predicted octanol–water partition coefficient (Wildman–Crippen LogP) is -0.360. The minimum absolute atomic E-state index is 0.116. The fourth-order valence-electron chi connectivity index (χ4n) is 1.86. The molecule has 1 aromatic carbocycles. The number of rotatable bonds is 7. The number of aromatic nitrogens is 2. The number of hydrogen-bond acceptors (Lipinski definition) is 5. The molecule has 0 saturated heterocycles. The van der Waals surface area contributed by atoms with Crippen molar-refractivity contribution in [3.05, 3.63) is 42.4 Å². The molecule has 8 nitrogen and oxygen atoms in total. The topological polar surface area (TPSA) is 119 Å². The molecule has 0 atom stereocenters. The van der Waals surface area contributed by atoms with Crippen LogP contribution >= 0.6 is 0 Å². The lowest BCUT2D eigenvalue weighted by atomic mass is 10.1. The summed E-state index contributed by atoms with van der Waals surface area (Å²) in [6.45, 7) is 0.0781. The summed E-state index contributed by atoms with van der Waals surface area (Å²) < 4.78 is 27.5. The highest BCUT2D eigenvalue weighted by Gasteiger charge is 2.17. The van der Waals surface area contributed by atoms with Crippen LogP contribution in [-0.4, -0.2) is 37.0 Å². The van der Waals surface area contributed by atoms with Crippen molar-refractivity contribution < 1.29 is 13.2 Å². The van der Waals surface area contributed by atoms with E-state index < -0.39 is 15.9 Å². The van der Waals surface area contributed by atoms with Crippen LogP contribution in [0.2, 0.25) is 0 Å². The van der Waals surface area contributed by atoms with E-state index in [1.807, 2.05) is 12.1 Å². The zero-order chi connectivity index (χ0) is 16.9. The lowest BCUT2D eigenvalue weighted by Crippen LogP contribution is -2.37. The van der Waals surface area contributed by atoms with Crippen LogP contribution in [0.25, 0.3) is 0 Å². The number of nitrogens with zero attached hydrogens (tertiary/aromatic N) is 2. The first-order valence-corrected chi connectivity index (χ1v) is 8.44. The smallest absolute Gasteiger partial charge is 0.260 e. The highest BCUT2D eigenvalue weighted by atomic mass is 32.2. The minimum atomic E-state index is -3.77. The van der Waals surface area contributed by atoms with Crippen molar-refractivity contribution in [2.75, 3.05) is 18.8 Å². The Morgan fingerprint density at radius 2 is 2.00 bits per heavy atom. The molecule has 0 bridgehead atoms. The summed E-state index contributed by atoms with van der Waals surface area (Å²) in [4.78, 5) is 15.4. The van der Waals surface area contributed by atoms with Gasteiger partial charge in [-0.1, -0.05) is 12.1 Å². The molecule has 0 fully saturated rings. The van der Waals surface area contributed by atoms with Gasteiger partial charge in [-0.15, -0.1) is 0 Å². The number of nitrogen functional groups attached to an aromatic ring is 1. The van der Waals surface area contributed by atoms with Gasteiger partial charge >= 0.3 is 0 Å². The van der Waals surface area contributed by atoms with Crippen molar-refractivity contribution in [1.82, 2.24) is 19.6 Å². The molecule has 1 heterocycles. The van der Waals surface area contributed by atoms with E-state index in [-0.39, 0.29) is 11.6 Å². The summed E-state index contributed by atoms with van der Waals surface area (Å²) in [5.74, 6) is -0.403. The predicted molar refractivity (Wildman–Crippen MR) is 86.0 cm³/mol. The van der Waals surface area contributed by atoms with Crippen LogP contribution in [0, 0.1) is 0 Å². The molecule has 1 aromatic heterocycles. The Bertz CT molecular complexity index is 768. The van der Waals surface area contributed by atoms with Crippen molar-refractivity contribution >= 4 is 21.6 Å². The molecule has 23 heavy (non-hydrogen) atoms. The zero-order valence-corrected chi connectivity index (χ0v) is 13.5. The molecule has 0 spiro atoms. The van der Waals surface area contributed by atoms with Crippen LogP contribution in [0.15, 0.2) is 41.8 Å². The molecule has 124 valence electrons. The van der Waals surface area contributed by atoms with Gasteiger partial charge in [-0.3, -0.25) is 4.79 Å². The van der Waals surface area contributed by atoms with E-state index in [0.717, 1.165) is 5.56 Å². The summed E-state index contributed by atoms with van der Waals surface area (Å²) in [6.07, 6.45) is 3.38. The number of aryl methyl sites for hydroxylation is 1. The number of amides is 1. The quantitative estimate of drug-likeness (QED) is 0.596. The number of sulfonamides is 1. The van der Waals surface area contributed by atoms with Crippen LogP contribution in [0.5, 0.6) is 0 Å². The standard InChI is InChI=1S/C14H19N5O3S/c1-19-9-14(17-10-19)23(21,22)18-8-13(20)16-7-6-11-2-4-12(15)5-3-11/h2-5,9-10,18H,6-8,15H2,1H3,(H,16,20). The average molecular weight is 337 g/mol. The number of imidazole rings is 1. The first-order chi connectivity index (χ1) is 10.9. The third kappa shape index (κ3) is 5.08. The second kappa shape index (κ2) is 7.25. The SMILES string of the molecule is Cn1cnc(S(=O)(=O)NCC(=O)NCCc2ccc(N)cc2)c1. The molecule has 0 aliphatic rings. The summed E-state index contributed by atoms with van der Waals surface area (Å²) in [5.41, 5.74) is 7.31. The van der Waals surface area contributed by atoms with Gasteiger partial charge in [0.25, 0.3) is 10.0 Å². The highest BCUT2D eigenvalue weighted by molar-refractivity contribution is 7.89. The fraction of sp³-hybridized carbons (Fsp3) is 0.286. The lowest BCUT2D eigenvalue weighted by molar-refractivity contribution is -0.119.